The van der Waals surface area contributed by atoms with Gasteiger partial charge in [0.2, 0.25) is 0 Å². The molecule has 0 amide bonds. The van der Waals surface area contributed by atoms with E-state index < -0.39 is 0 Å². The number of rotatable bonds is 3. The number of para-hydroxylation sites is 1. The van der Waals surface area contributed by atoms with E-state index in [1.807, 2.05) is 12.1 Å². The highest BCUT2D eigenvalue weighted by Gasteiger charge is 2.24. The third-order valence-electron chi connectivity index (χ3n) is 3.85. The molecule has 0 aromatic heterocycles. The second kappa shape index (κ2) is 5.55. The topological polar surface area (TPSA) is 30.5 Å². The lowest BCUT2D eigenvalue weighted by molar-refractivity contribution is 0.348. The highest BCUT2D eigenvalue weighted by atomic mass is 16.5. The molecule has 1 aliphatic heterocycles. The van der Waals surface area contributed by atoms with Crippen molar-refractivity contribution in [2.45, 2.75) is 12.5 Å². The summed E-state index contributed by atoms with van der Waals surface area (Å²) in [4.78, 5) is 0. The van der Waals surface area contributed by atoms with Gasteiger partial charge < -0.3 is 14.8 Å². The third-order valence-corrected chi connectivity index (χ3v) is 3.85. The molecule has 3 nitrogen and oxygen atoms in total. The van der Waals surface area contributed by atoms with Gasteiger partial charge in [0, 0.05) is 12.1 Å². The van der Waals surface area contributed by atoms with Crippen molar-refractivity contribution in [1.82, 2.24) is 5.32 Å². The predicted molar refractivity (Wildman–Crippen MR) is 79.5 cm³/mol. The quantitative estimate of drug-likeness (QED) is 0.929. The zero-order valence-electron chi connectivity index (χ0n) is 11.8. The van der Waals surface area contributed by atoms with E-state index in [1.165, 1.54) is 11.1 Å². The summed E-state index contributed by atoms with van der Waals surface area (Å²) in [7, 11) is 3.36. The highest BCUT2D eigenvalue weighted by molar-refractivity contribution is 5.52. The Labute approximate surface area is 119 Å². The normalized spacial score (nSPS) is 17.4. The number of ether oxygens (including phenoxy) is 2. The molecule has 1 atom stereocenters. The van der Waals surface area contributed by atoms with Crippen LogP contribution in [0.3, 0.4) is 0 Å². The van der Waals surface area contributed by atoms with E-state index in [2.05, 4.69) is 35.6 Å². The van der Waals surface area contributed by atoms with Crippen LogP contribution >= 0.6 is 0 Å². The summed E-state index contributed by atoms with van der Waals surface area (Å²) in [5, 5.41) is 3.58. The number of benzene rings is 2. The lowest BCUT2D eigenvalue weighted by Gasteiger charge is -2.28. The summed E-state index contributed by atoms with van der Waals surface area (Å²) in [5.41, 5.74) is 3.85. The molecule has 3 rings (SSSR count). The van der Waals surface area contributed by atoms with Crippen molar-refractivity contribution in [1.29, 1.82) is 0 Å². The standard InChI is InChI=1S/C17H19NO2/c1-19-15-9-5-8-14(17(15)20-2)16-13-7-4-3-6-12(13)10-11-18-16/h3-9,16,18H,10-11H2,1-2H3. The van der Waals surface area contributed by atoms with Crippen LogP contribution in [0.2, 0.25) is 0 Å². The highest BCUT2D eigenvalue weighted by Crippen LogP contribution is 2.39. The van der Waals surface area contributed by atoms with Gasteiger partial charge in [-0.1, -0.05) is 36.4 Å². The van der Waals surface area contributed by atoms with Crippen molar-refractivity contribution in [2.24, 2.45) is 0 Å². The van der Waals surface area contributed by atoms with Crippen molar-refractivity contribution in [2.75, 3.05) is 20.8 Å². The second-order valence-electron chi connectivity index (χ2n) is 4.92. The molecule has 1 N–H and O–H groups in total. The number of fused-ring (bicyclic) bond motifs is 1. The van der Waals surface area contributed by atoms with Gasteiger partial charge in [-0.25, -0.2) is 0 Å². The van der Waals surface area contributed by atoms with Crippen molar-refractivity contribution >= 4 is 0 Å². The molecule has 0 radical (unpaired) electrons. The van der Waals surface area contributed by atoms with E-state index in [1.54, 1.807) is 14.2 Å². The zero-order valence-corrected chi connectivity index (χ0v) is 11.8. The molecule has 1 unspecified atom stereocenters. The zero-order chi connectivity index (χ0) is 13.9. The Balaban J connectivity index is 2.11. The Hall–Kier alpha value is -2.00. The van der Waals surface area contributed by atoms with Gasteiger partial charge >= 0.3 is 0 Å². The van der Waals surface area contributed by atoms with Gasteiger partial charge in [0.1, 0.15) is 0 Å². The van der Waals surface area contributed by atoms with Gasteiger partial charge in [0.15, 0.2) is 11.5 Å². The van der Waals surface area contributed by atoms with Crippen LogP contribution in [-0.2, 0) is 6.42 Å². The van der Waals surface area contributed by atoms with Crippen molar-refractivity contribution < 1.29 is 9.47 Å². The molecule has 0 spiro atoms. The Morgan fingerprint density at radius 2 is 1.75 bits per heavy atom. The molecule has 2 aromatic rings. The Kier molecular flexibility index (Phi) is 3.61. The van der Waals surface area contributed by atoms with E-state index >= 15 is 0 Å². The monoisotopic (exact) mass is 269 g/mol. The van der Waals surface area contributed by atoms with E-state index in [0.717, 1.165) is 30.0 Å². The van der Waals surface area contributed by atoms with Crippen molar-refractivity contribution in [3.8, 4) is 11.5 Å². The summed E-state index contributed by atoms with van der Waals surface area (Å²) in [5.74, 6) is 1.58. The van der Waals surface area contributed by atoms with Crippen LogP contribution in [0.5, 0.6) is 11.5 Å². The lowest BCUT2D eigenvalue weighted by atomic mass is 9.89. The second-order valence-corrected chi connectivity index (χ2v) is 4.92. The lowest BCUT2D eigenvalue weighted by Crippen LogP contribution is -2.30. The molecular weight excluding hydrogens is 250 g/mol. The summed E-state index contributed by atoms with van der Waals surface area (Å²) in [6, 6.07) is 14.8. The van der Waals surface area contributed by atoms with Crippen LogP contribution in [0, 0.1) is 0 Å². The summed E-state index contributed by atoms with van der Waals surface area (Å²) in [6.07, 6.45) is 1.07. The first-order valence-electron chi connectivity index (χ1n) is 6.87. The first-order valence-corrected chi connectivity index (χ1v) is 6.87. The summed E-state index contributed by atoms with van der Waals surface area (Å²) >= 11 is 0. The molecule has 1 heterocycles. The minimum Gasteiger partial charge on any atom is -0.493 e. The Morgan fingerprint density at radius 3 is 2.55 bits per heavy atom. The van der Waals surface area contributed by atoms with Gasteiger partial charge in [-0.3, -0.25) is 0 Å². The van der Waals surface area contributed by atoms with Gasteiger partial charge in [0.25, 0.3) is 0 Å². The van der Waals surface area contributed by atoms with E-state index in [-0.39, 0.29) is 6.04 Å². The minimum absolute atomic E-state index is 0.157. The van der Waals surface area contributed by atoms with Crippen LogP contribution in [0.4, 0.5) is 0 Å². The van der Waals surface area contributed by atoms with Crippen LogP contribution in [0.15, 0.2) is 42.5 Å². The molecule has 0 saturated heterocycles. The average molecular weight is 269 g/mol. The number of methoxy groups -OCH3 is 2. The van der Waals surface area contributed by atoms with Crippen LogP contribution in [0.1, 0.15) is 22.7 Å². The molecule has 0 aliphatic carbocycles. The van der Waals surface area contributed by atoms with Gasteiger partial charge in [-0.2, -0.15) is 0 Å². The molecule has 1 aliphatic rings. The Bertz CT molecular complexity index is 610. The molecule has 104 valence electrons. The molecular formula is C17H19NO2. The first kappa shape index (κ1) is 13.0. The van der Waals surface area contributed by atoms with Crippen LogP contribution < -0.4 is 14.8 Å². The molecule has 0 fully saturated rings. The Morgan fingerprint density at radius 1 is 0.950 bits per heavy atom. The third kappa shape index (κ3) is 2.14. The fraction of sp³-hybridized carbons (Fsp3) is 0.294. The maximum Gasteiger partial charge on any atom is 0.165 e. The SMILES string of the molecule is COc1cccc(C2NCCc3ccccc32)c1OC. The smallest absolute Gasteiger partial charge is 0.165 e. The van der Waals surface area contributed by atoms with Gasteiger partial charge in [-0.05, 0) is 23.6 Å². The average Bonchev–Trinajstić information content (AvgIpc) is 2.53. The fourth-order valence-electron chi connectivity index (χ4n) is 2.92. The molecule has 0 bridgehead atoms. The number of hydrogen-bond acceptors (Lipinski definition) is 3. The van der Waals surface area contributed by atoms with E-state index in [9.17, 15) is 0 Å². The number of nitrogens with one attached hydrogen (secondary N) is 1. The molecule has 0 saturated carbocycles. The molecule has 2 aromatic carbocycles. The fourth-order valence-corrected chi connectivity index (χ4v) is 2.92. The maximum absolute atomic E-state index is 5.57. The van der Waals surface area contributed by atoms with Crippen molar-refractivity contribution in [3.05, 3.63) is 59.2 Å². The van der Waals surface area contributed by atoms with Crippen LogP contribution in [-0.4, -0.2) is 20.8 Å². The number of hydrogen-bond donors (Lipinski definition) is 1. The van der Waals surface area contributed by atoms with Crippen molar-refractivity contribution in [3.63, 3.8) is 0 Å². The maximum atomic E-state index is 5.57. The molecule has 20 heavy (non-hydrogen) atoms. The first-order chi connectivity index (χ1) is 9.85. The van der Waals surface area contributed by atoms with E-state index in [0.29, 0.717) is 0 Å². The largest absolute Gasteiger partial charge is 0.493 e. The predicted octanol–water partition coefficient (Wildman–Crippen LogP) is 2.94. The van der Waals surface area contributed by atoms with Gasteiger partial charge in [-0.15, -0.1) is 0 Å². The summed E-state index contributed by atoms with van der Waals surface area (Å²) in [6.45, 7) is 0.974. The minimum atomic E-state index is 0.157. The van der Waals surface area contributed by atoms with Crippen LogP contribution in [0.25, 0.3) is 0 Å². The van der Waals surface area contributed by atoms with E-state index in [4.69, 9.17) is 9.47 Å². The van der Waals surface area contributed by atoms with Gasteiger partial charge in [0.05, 0.1) is 20.3 Å². The molecule has 3 heteroatoms. The summed E-state index contributed by atoms with van der Waals surface area (Å²) < 4.78 is 11.0.